The summed E-state index contributed by atoms with van der Waals surface area (Å²) in [5.41, 5.74) is 0.892. The van der Waals surface area contributed by atoms with Crippen LogP contribution in [0.2, 0.25) is 0 Å². The van der Waals surface area contributed by atoms with Crippen molar-refractivity contribution in [3.63, 3.8) is 0 Å². The number of amides is 1. The van der Waals surface area contributed by atoms with Crippen LogP contribution < -0.4 is 5.32 Å². The average molecular weight is 384 g/mol. The molecular weight excluding hydrogens is 360 g/mol. The molecule has 1 amide bonds. The summed E-state index contributed by atoms with van der Waals surface area (Å²) < 4.78 is 32.5. The monoisotopic (exact) mass is 384 g/mol. The Hall–Kier alpha value is -1.97. The van der Waals surface area contributed by atoms with E-state index >= 15 is 0 Å². The van der Waals surface area contributed by atoms with Gasteiger partial charge in [-0.15, -0.1) is 0 Å². The minimum atomic E-state index is -3.70. The molecule has 1 saturated heterocycles. The van der Waals surface area contributed by atoms with Gasteiger partial charge in [-0.25, -0.2) is 8.42 Å². The summed E-state index contributed by atoms with van der Waals surface area (Å²) in [5, 5.41) is 11.2. The number of rotatable bonds is 8. The van der Waals surface area contributed by atoms with E-state index < -0.39 is 21.9 Å². The molecule has 0 aliphatic carbocycles. The summed E-state index contributed by atoms with van der Waals surface area (Å²) in [6.07, 6.45) is 0.804. The summed E-state index contributed by atoms with van der Waals surface area (Å²) in [6.45, 7) is 3.36. The number of hydrogen-bond acceptors (Lipinski definition) is 5. The Labute approximate surface area is 153 Å². The number of benzene rings is 1. The maximum atomic E-state index is 13.0. The number of ether oxygens (including phenoxy) is 1. The number of nitrogens with zero attached hydrogens (tertiary/aromatic N) is 1. The van der Waals surface area contributed by atoms with Crippen molar-refractivity contribution in [3.05, 3.63) is 29.3 Å². The van der Waals surface area contributed by atoms with E-state index in [1.807, 2.05) is 6.92 Å². The van der Waals surface area contributed by atoms with Gasteiger partial charge in [-0.1, -0.05) is 13.0 Å². The van der Waals surface area contributed by atoms with E-state index in [2.05, 4.69) is 5.32 Å². The highest BCUT2D eigenvalue weighted by Crippen LogP contribution is 2.23. The van der Waals surface area contributed by atoms with Crippen LogP contribution in [0.3, 0.4) is 0 Å². The SMILES string of the molecule is CCc1ccc(C(=O)NCCCC(=O)O)cc1S(=O)(=O)N1CCOCC1. The van der Waals surface area contributed by atoms with Gasteiger partial charge in [0.2, 0.25) is 10.0 Å². The zero-order valence-electron chi connectivity index (χ0n) is 14.7. The van der Waals surface area contributed by atoms with Crippen LogP contribution >= 0.6 is 0 Å². The van der Waals surface area contributed by atoms with Gasteiger partial charge in [0.1, 0.15) is 0 Å². The highest BCUT2D eigenvalue weighted by Gasteiger charge is 2.29. The van der Waals surface area contributed by atoms with E-state index in [9.17, 15) is 18.0 Å². The van der Waals surface area contributed by atoms with Crippen LogP contribution in [0.1, 0.15) is 35.7 Å². The molecular formula is C17H24N2O6S. The van der Waals surface area contributed by atoms with E-state index in [4.69, 9.17) is 9.84 Å². The van der Waals surface area contributed by atoms with E-state index in [-0.39, 0.29) is 36.5 Å². The molecule has 144 valence electrons. The minimum Gasteiger partial charge on any atom is -0.481 e. The number of carbonyl (C=O) groups is 2. The van der Waals surface area contributed by atoms with Crippen LogP contribution in [-0.4, -0.2) is 62.6 Å². The minimum absolute atomic E-state index is 0.0360. The molecule has 0 bridgehead atoms. The zero-order chi connectivity index (χ0) is 19.2. The Morgan fingerprint density at radius 2 is 1.96 bits per heavy atom. The third kappa shape index (κ3) is 5.03. The zero-order valence-corrected chi connectivity index (χ0v) is 15.5. The molecule has 1 heterocycles. The fourth-order valence-corrected chi connectivity index (χ4v) is 4.43. The lowest BCUT2D eigenvalue weighted by Gasteiger charge is -2.27. The van der Waals surface area contributed by atoms with Gasteiger partial charge in [-0.2, -0.15) is 4.31 Å². The van der Waals surface area contributed by atoms with Crippen LogP contribution in [0.5, 0.6) is 0 Å². The normalized spacial score (nSPS) is 15.6. The molecule has 0 radical (unpaired) electrons. The van der Waals surface area contributed by atoms with Crippen LogP contribution in [0.15, 0.2) is 23.1 Å². The molecule has 0 unspecified atom stereocenters. The number of aliphatic carboxylic acids is 1. The molecule has 0 atom stereocenters. The summed E-state index contributed by atoms with van der Waals surface area (Å²) in [7, 11) is -3.70. The standard InChI is InChI=1S/C17H24N2O6S/c1-2-13-5-6-14(17(22)18-7-3-4-16(20)21)12-15(13)26(23,24)19-8-10-25-11-9-19/h5-6,12H,2-4,7-11H2,1H3,(H,18,22)(H,20,21). The number of morpholine rings is 1. The van der Waals surface area contributed by atoms with Crippen molar-refractivity contribution in [2.45, 2.75) is 31.1 Å². The molecule has 0 aromatic heterocycles. The molecule has 1 aromatic rings. The second-order valence-corrected chi connectivity index (χ2v) is 7.85. The van der Waals surface area contributed by atoms with Crippen LogP contribution in [-0.2, 0) is 26.0 Å². The molecule has 1 aliphatic rings. The molecule has 26 heavy (non-hydrogen) atoms. The number of nitrogens with one attached hydrogen (secondary N) is 1. The molecule has 1 fully saturated rings. The molecule has 2 N–H and O–H groups in total. The predicted molar refractivity (Wildman–Crippen MR) is 94.6 cm³/mol. The lowest BCUT2D eigenvalue weighted by Crippen LogP contribution is -2.41. The van der Waals surface area contributed by atoms with Crippen molar-refractivity contribution >= 4 is 21.9 Å². The van der Waals surface area contributed by atoms with Crippen molar-refractivity contribution in [1.82, 2.24) is 9.62 Å². The first-order valence-electron chi connectivity index (χ1n) is 8.57. The van der Waals surface area contributed by atoms with Gasteiger partial charge in [-0.05, 0) is 30.5 Å². The predicted octanol–water partition coefficient (Wildman–Crippen LogP) is 0.865. The quantitative estimate of drug-likeness (QED) is 0.643. The Bertz CT molecular complexity index is 757. The molecule has 8 nitrogen and oxygen atoms in total. The lowest BCUT2D eigenvalue weighted by molar-refractivity contribution is -0.137. The van der Waals surface area contributed by atoms with E-state index in [0.29, 0.717) is 31.6 Å². The first kappa shape index (κ1) is 20.3. The van der Waals surface area contributed by atoms with Gasteiger partial charge in [0.15, 0.2) is 0 Å². The van der Waals surface area contributed by atoms with E-state index in [1.165, 1.54) is 10.4 Å². The number of carboxylic acids is 1. The second-order valence-electron chi connectivity index (χ2n) is 5.95. The van der Waals surface area contributed by atoms with Gasteiger partial charge in [0, 0.05) is 31.6 Å². The van der Waals surface area contributed by atoms with E-state index in [1.54, 1.807) is 12.1 Å². The van der Waals surface area contributed by atoms with Crippen molar-refractivity contribution in [3.8, 4) is 0 Å². The van der Waals surface area contributed by atoms with Crippen LogP contribution in [0, 0.1) is 0 Å². The van der Waals surface area contributed by atoms with Crippen molar-refractivity contribution in [1.29, 1.82) is 0 Å². The molecule has 0 saturated carbocycles. The maximum absolute atomic E-state index is 13.0. The summed E-state index contributed by atoms with van der Waals surface area (Å²) in [5.74, 6) is -1.35. The van der Waals surface area contributed by atoms with Gasteiger partial charge in [0.05, 0.1) is 18.1 Å². The Morgan fingerprint density at radius 1 is 1.27 bits per heavy atom. The third-order valence-corrected chi connectivity index (χ3v) is 6.13. The van der Waals surface area contributed by atoms with Gasteiger partial charge < -0.3 is 15.2 Å². The lowest BCUT2D eigenvalue weighted by atomic mass is 10.1. The fourth-order valence-electron chi connectivity index (χ4n) is 2.70. The third-order valence-electron chi connectivity index (χ3n) is 4.15. The Kier molecular flexibility index (Phi) is 7.13. The number of hydrogen-bond donors (Lipinski definition) is 2. The van der Waals surface area contributed by atoms with Crippen molar-refractivity contribution in [2.75, 3.05) is 32.8 Å². The van der Waals surface area contributed by atoms with Gasteiger partial charge in [-0.3, -0.25) is 9.59 Å². The van der Waals surface area contributed by atoms with Crippen LogP contribution in [0.4, 0.5) is 0 Å². The van der Waals surface area contributed by atoms with Crippen molar-refractivity contribution < 1.29 is 27.9 Å². The Morgan fingerprint density at radius 3 is 2.58 bits per heavy atom. The Balaban J connectivity index is 2.19. The van der Waals surface area contributed by atoms with Crippen LogP contribution in [0.25, 0.3) is 0 Å². The number of aryl methyl sites for hydroxylation is 1. The largest absolute Gasteiger partial charge is 0.481 e. The smallest absolute Gasteiger partial charge is 0.303 e. The molecule has 2 rings (SSSR count). The first-order valence-corrected chi connectivity index (χ1v) is 10.0. The molecule has 0 spiro atoms. The van der Waals surface area contributed by atoms with Gasteiger partial charge in [0.25, 0.3) is 5.91 Å². The number of sulfonamides is 1. The number of carboxylic acid groups (broad SMARTS) is 1. The van der Waals surface area contributed by atoms with Gasteiger partial charge >= 0.3 is 5.97 Å². The summed E-state index contributed by atoms with van der Waals surface area (Å²) in [6, 6.07) is 4.64. The summed E-state index contributed by atoms with van der Waals surface area (Å²) in [4.78, 5) is 22.9. The second kappa shape index (κ2) is 9.11. The highest BCUT2D eigenvalue weighted by molar-refractivity contribution is 7.89. The maximum Gasteiger partial charge on any atom is 0.303 e. The van der Waals surface area contributed by atoms with E-state index in [0.717, 1.165) is 0 Å². The number of carbonyl (C=O) groups excluding carboxylic acids is 1. The molecule has 1 aromatic carbocycles. The highest BCUT2D eigenvalue weighted by atomic mass is 32.2. The topological polar surface area (TPSA) is 113 Å². The molecule has 9 heteroatoms. The summed E-state index contributed by atoms with van der Waals surface area (Å²) >= 11 is 0. The fraction of sp³-hybridized carbons (Fsp3) is 0.529. The average Bonchev–Trinajstić information content (AvgIpc) is 2.65. The first-order chi connectivity index (χ1) is 12.4. The molecule has 1 aliphatic heterocycles. The van der Waals surface area contributed by atoms with Crippen molar-refractivity contribution in [2.24, 2.45) is 0 Å².